The van der Waals surface area contributed by atoms with E-state index in [-0.39, 0.29) is 37.4 Å². The monoisotopic (exact) mass is 523 g/mol. The summed E-state index contributed by atoms with van der Waals surface area (Å²) in [5.74, 6) is -2.93. The molecule has 4 rings (SSSR count). The summed E-state index contributed by atoms with van der Waals surface area (Å²) >= 11 is 0. The van der Waals surface area contributed by atoms with Crippen molar-refractivity contribution >= 4 is 30.7 Å². The molecule has 0 unspecified atom stereocenters. The van der Waals surface area contributed by atoms with Crippen molar-refractivity contribution in [3.63, 3.8) is 0 Å². The summed E-state index contributed by atoms with van der Waals surface area (Å²) in [5.41, 5.74) is 2.17. The maximum Gasteiger partial charge on any atom is 0.526 e. The number of phenolic OH excluding ortho intramolecular Hbond substituents is 2. The number of nitrogens with one attached hydrogen (secondary N) is 1. The Morgan fingerprint density at radius 2 is 1.89 bits per heavy atom. The van der Waals surface area contributed by atoms with E-state index in [1.807, 2.05) is 25.1 Å². The molecule has 0 spiro atoms. The number of nitrogens with zero attached hydrogens (tertiary/aromatic N) is 2. The summed E-state index contributed by atoms with van der Waals surface area (Å²) in [7, 11) is -1.23. The second kappa shape index (κ2) is 11.1. The molecule has 0 bridgehead atoms. The van der Waals surface area contributed by atoms with Crippen molar-refractivity contribution in [2.45, 2.75) is 45.0 Å². The molecule has 4 amide bonds. The number of benzene rings is 2. The molecule has 11 nitrogen and oxygen atoms in total. The predicted molar refractivity (Wildman–Crippen MR) is 137 cm³/mol. The van der Waals surface area contributed by atoms with Crippen LogP contribution in [0.2, 0.25) is 5.82 Å². The average Bonchev–Trinajstić information content (AvgIpc) is 2.88. The van der Waals surface area contributed by atoms with E-state index in [0.717, 1.165) is 16.0 Å². The molecule has 200 valence electrons. The Bertz CT molecular complexity index is 1270. The highest BCUT2D eigenvalue weighted by atomic mass is 16.5. The molecule has 2 heterocycles. The predicted octanol–water partition coefficient (Wildman–Crippen LogP) is 1.16. The van der Waals surface area contributed by atoms with Gasteiger partial charge in [0.25, 0.3) is 0 Å². The topological polar surface area (TPSA) is 157 Å². The first-order valence-corrected chi connectivity index (χ1v) is 12.5. The number of ketones is 1. The van der Waals surface area contributed by atoms with Gasteiger partial charge in [0.15, 0.2) is 17.3 Å². The molecule has 0 radical (unpaired) electrons. The van der Waals surface area contributed by atoms with Crippen LogP contribution in [0.1, 0.15) is 30.0 Å². The Kier molecular flexibility index (Phi) is 7.91. The number of para-hydroxylation sites is 1. The number of fused-ring (bicyclic) bond motifs is 1. The van der Waals surface area contributed by atoms with Gasteiger partial charge < -0.3 is 30.1 Å². The Morgan fingerprint density at radius 1 is 1.13 bits per heavy atom. The van der Waals surface area contributed by atoms with Crippen molar-refractivity contribution in [3.05, 3.63) is 53.1 Å². The van der Waals surface area contributed by atoms with Gasteiger partial charge in [-0.2, -0.15) is 0 Å². The molecular formula is C26H30BN3O8. The van der Waals surface area contributed by atoms with Crippen LogP contribution in [0, 0.1) is 6.92 Å². The van der Waals surface area contributed by atoms with E-state index in [1.54, 1.807) is 6.92 Å². The van der Waals surface area contributed by atoms with Crippen molar-refractivity contribution in [2.24, 2.45) is 0 Å². The number of hydrogen-bond acceptors (Lipinski definition) is 8. The fourth-order valence-corrected chi connectivity index (χ4v) is 4.79. The lowest BCUT2D eigenvalue weighted by Gasteiger charge is -2.33. The molecule has 0 aliphatic carbocycles. The molecular weight excluding hydrogens is 493 g/mol. The van der Waals surface area contributed by atoms with Crippen LogP contribution >= 0.6 is 0 Å². The summed E-state index contributed by atoms with van der Waals surface area (Å²) < 4.78 is 5.69. The molecule has 2 aromatic rings. The lowest BCUT2D eigenvalue weighted by molar-refractivity contribution is -0.153. The average molecular weight is 523 g/mol. The first-order valence-electron chi connectivity index (χ1n) is 12.5. The van der Waals surface area contributed by atoms with Gasteiger partial charge >= 0.3 is 25.0 Å². The molecule has 1 saturated heterocycles. The van der Waals surface area contributed by atoms with Gasteiger partial charge in [0, 0.05) is 31.9 Å². The highest BCUT2D eigenvalue weighted by Gasteiger charge is 2.40. The summed E-state index contributed by atoms with van der Waals surface area (Å²) in [6.45, 7) is 4.09. The number of piperazine rings is 1. The van der Waals surface area contributed by atoms with E-state index in [2.05, 4.69) is 5.32 Å². The summed E-state index contributed by atoms with van der Waals surface area (Å²) in [6, 6.07) is 7.59. The number of phenols is 2. The van der Waals surface area contributed by atoms with Gasteiger partial charge in [-0.05, 0) is 55.5 Å². The van der Waals surface area contributed by atoms with Crippen LogP contribution in [0.3, 0.4) is 0 Å². The highest BCUT2D eigenvalue weighted by Crippen LogP contribution is 2.36. The Labute approximate surface area is 220 Å². The van der Waals surface area contributed by atoms with Gasteiger partial charge in [-0.15, -0.1) is 0 Å². The first kappa shape index (κ1) is 27.0. The van der Waals surface area contributed by atoms with Crippen molar-refractivity contribution in [2.75, 3.05) is 19.6 Å². The number of urea groups is 1. The van der Waals surface area contributed by atoms with E-state index < -0.39 is 42.6 Å². The molecule has 0 aromatic heterocycles. The number of rotatable bonds is 7. The second-order valence-corrected chi connectivity index (χ2v) is 9.58. The van der Waals surface area contributed by atoms with E-state index in [9.17, 15) is 34.4 Å². The zero-order valence-electron chi connectivity index (χ0n) is 21.2. The van der Waals surface area contributed by atoms with E-state index >= 15 is 0 Å². The summed E-state index contributed by atoms with van der Waals surface area (Å²) in [6.07, 6.45) is 0.186. The van der Waals surface area contributed by atoms with Crippen LogP contribution in [0.5, 0.6) is 17.2 Å². The van der Waals surface area contributed by atoms with Crippen LogP contribution in [-0.4, -0.2) is 81.5 Å². The smallest absolute Gasteiger partial charge is 0.526 e. The lowest BCUT2D eigenvalue weighted by atomic mass is 9.64. The number of carbonyl (C=O) groups is 4. The molecule has 2 aromatic carbocycles. The fraction of sp³-hybridized carbons (Fsp3) is 0.385. The molecule has 12 heteroatoms. The molecule has 0 saturated carbocycles. The maximum atomic E-state index is 13.5. The van der Waals surface area contributed by atoms with Crippen LogP contribution in [0.15, 0.2) is 36.4 Å². The largest absolute Gasteiger partial charge is 0.536 e. The van der Waals surface area contributed by atoms with Crippen molar-refractivity contribution in [3.8, 4) is 17.2 Å². The fourth-order valence-electron chi connectivity index (χ4n) is 4.79. The molecule has 2 aliphatic rings. The van der Waals surface area contributed by atoms with Gasteiger partial charge in [0.2, 0.25) is 0 Å². The molecule has 1 fully saturated rings. The van der Waals surface area contributed by atoms with Crippen molar-refractivity contribution < 1.29 is 39.1 Å². The maximum absolute atomic E-state index is 13.5. The van der Waals surface area contributed by atoms with Crippen molar-refractivity contribution in [1.82, 2.24) is 15.1 Å². The highest BCUT2D eigenvalue weighted by molar-refractivity contribution is 6.46. The zero-order chi connectivity index (χ0) is 27.6. The minimum Gasteiger partial charge on any atom is -0.536 e. The minimum atomic E-state index is -1.23. The number of carbonyl (C=O) groups excluding carboxylic acids is 4. The van der Waals surface area contributed by atoms with Crippen LogP contribution < -0.4 is 9.97 Å². The second-order valence-electron chi connectivity index (χ2n) is 9.58. The molecule has 2 aliphatic heterocycles. The van der Waals surface area contributed by atoms with Gasteiger partial charge in [-0.3, -0.25) is 19.3 Å². The number of imide groups is 1. The van der Waals surface area contributed by atoms with Gasteiger partial charge in [-0.1, -0.05) is 24.3 Å². The standard InChI is InChI=1S/C26H30BN3O8/c1-3-29-9-10-30(25(35)24(29)34)26(36)28-19(11-16-7-8-20(31)22(33)12-16)21(32)14-18-13-17-6-4-5-15(2)23(17)38-27(18)37/h4-8,12,18-19,31,33,37H,3,9-11,13-14H2,1-2H3,(H,28,36)/t18-,19-/m1/s1. The van der Waals surface area contributed by atoms with Crippen LogP contribution in [0.25, 0.3) is 0 Å². The Balaban J connectivity index is 1.53. The van der Waals surface area contributed by atoms with E-state index in [4.69, 9.17) is 4.65 Å². The van der Waals surface area contributed by atoms with Gasteiger partial charge in [0.1, 0.15) is 5.75 Å². The Hall–Kier alpha value is -4.06. The molecule has 4 N–H and O–H groups in total. The number of Topliss-reactive ketones (excluding diaryl/α,β-unsaturated/α-hetero) is 1. The van der Waals surface area contributed by atoms with Gasteiger partial charge in [-0.25, -0.2) is 4.79 Å². The SMILES string of the molecule is CCN1CCN(C(=O)N[C@H](Cc2ccc(O)c(O)c2)C(=O)C[C@H]2Cc3cccc(C)c3OB2O)C(=O)C1=O. The number of aromatic hydroxyl groups is 2. The summed E-state index contributed by atoms with van der Waals surface area (Å²) in [5, 5.41) is 32.7. The van der Waals surface area contributed by atoms with Crippen LogP contribution in [0.4, 0.5) is 4.79 Å². The molecule has 2 atom stereocenters. The third-order valence-electron chi connectivity index (χ3n) is 6.98. The zero-order valence-corrected chi connectivity index (χ0v) is 21.2. The third kappa shape index (κ3) is 5.59. The quantitative estimate of drug-likeness (QED) is 0.239. The van der Waals surface area contributed by atoms with Crippen LogP contribution in [-0.2, 0) is 27.2 Å². The number of hydrogen-bond donors (Lipinski definition) is 4. The van der Waals surface area contributed by atoms with Gasteiger partial charge in [0.05, 0.1) is 6.04 Å². The molecule has 38 heavy (non-hydrogen) atoms. The normalized spacial score (nSPS) is 18.1. The first-order chi connectivity index (χ1) is 18.1. The van der Waals surface area contributed by atoms with E-state index in [0.29, 0.717) is 24.3 Å². The van der Waals surface area contributed by atoms with E-state index in [1.165, 1.54) is 23.1 Å². The number of amides is 4. The lowest BCUT2D eigenvalue weighted by Crippen LogP contribution is -2.60. The number of likely N-dealkylation sites (N-methyl/N-ethyl adjacent to an activating group) is 1. The third-order valence-corrected chi connectivity index (χ3v) is 6.98. The number of aryl methyl sites for hydroxylation is 1. The Morgan fingerprint density at radius 3 is 2.61 bits per heavy atom. The summed E-state index contributed by atoms with van der Waals surface area (Å²) in [4.78, 5) is 53.4. The minimum absolute atomic E-state index is 0.0174. The van der Waals surface area contributed by atoms with Crippen molar-refractivity contribution in [1.29, 1.82) is 0 Å².